The van der Waals surface area contributed by atoms with Crippen LogP contribution in [0.2, 0.25) is 0 Å². The van der Waals surface area contributed by atoms with E-state index in [0.717, 1.165) is 72.0 Å². The maximum Gasteiger partial charge on any atom is 0.180 e. The molecule has 0 fully saturated rings. The summed E-state index contributed by atoms with van der Waals surface area (Å²) in [5, 5.41) is 7.98. The molecule has 0 aliphatic rings. The first-order valence-electron chi connectivity index (χ1n) is 16.4. The summed E-state index contributed by atoms with van der Waals surface area (Å²) in [4.78, 5) is 10.3. The van der Waals surface area contributed by atoms with Crippen LogP contribution in [-0.4, -0.2) is 14.5 Å². The Hall–Kier alpha value is -6.72. The first kappa shape index (κ1) is 26.4. The summed E-state index contributed by atoms with van der Waals surface area (Å²) in [5.74, 6) is 0.634. The number of hydrogen-bond acceptors (Lipinski definition) is 4. The van der Waals surface area contributed by atoms with Crippen LogP contribution in [0.4, 0.5) is 0 Å². The van der Waals surface area contributed by atoms with Crippen LogP contribution in [0, 0.1) is 0 Å². The molecule has 7 aromatic carbocycles. The van der Waals surface area contributed by atoms with Gasteiger partial charge in [-0.05, 0) is 65.4 Å². The molecule has 0 unspecified atom stereocenters. The van der Waals surface area contributed by atoms with Crippen molar-refractivity contribution in [2.75, 3.05) is 0 Å². The summed E-state index contributed by atoms with van der Waals surface area (Å²) >= 11 is 0. The number of para-hydroxylation sites is 2. The summed E-state index contributed by atoms with van der Waals surface area (Å²) in [7, 11) is 0. The van der Waals surface area contributed by atoms with Gasteiger partial charge in [0, 0.05) is 32.7 Å². The van der Waals surface area contributed by atoms with Crippen LogP contribution in [0.25, 0.3) is 105 Å². The fourth-order valence-corrected chi connectivity index (χ4v) is 7.64. The molecule has 0 atom stereocenters. The molecule has 0 amide bonds. The van der Waals surface area contributed by atoms with Crippen molar-refractivity contribution in [2.24, 2.45) is 0 Å². The predicted octanol–water partition coefficient (Wildman–Crippen LogP) is 11.9. The van der Waals surface area contributed by atoms with Gasteiger partial charge in [0.05, 0.1) is 22.1 Å². The van der Waals surface area contributed by atoms with Gasteiger partial charge in [-0.2, -0.15) is 0 Å². The van der Waals surface area contributed by atoms with Crippen LogP contribution < -0.4 is 0 Å². The molecule has 0 saturated heterocycles. The summed E-state index contributed by atoms with van der Waals surface area (Å²) in [6, 6.07) is 52.6. The third-order valence-electron chi connectivity index (χ3n) is 9.80. The molecule has 0 saturated carbocycles. The van der Waals surface area contributed by atoms with Gasteiger partial charge < -0.3 is 13.4 Å². The zero-order valence-corrected chi connectivity index (χ0v) is 26.1. The second kappa shape index (κ2) is 9.89. The summed E-state index contributed by atoms with van der Waals surface area (Å²) in [5.41, 5.74) is 9.96. The normalized spacial score (nSPS) is 12.1. The Morgan fingerprint density at radius 3 is 2.12 bits per heavy atom. The lowest BCUT2D eigenvalue weighted by Crippen LogP contribution is -1.95. The van der Waals surface area contributed by atoms with Gasteiger partial charge in [-0.1, -0.05) is 97.1 Å². The summed E-state index contributed by atoms with van der Waals surface area (Å²) in [6.45, 7) is 0. The standard InChI is InChI=1S/C44H25N3O2/c1-2-12-27(13-3-1)41-43-42(31-16-7-9-19-36(31)49-43)46-44(45-41)28-22-24-37-32(25-28)40-34(18-10-20-38(40)48-37)47-33-17-8-6-15-30(33)39-29-14-5-4-11-26(29)21-23-35(39)47/h1-25H. The number of rotatable bonds is 3. The number of nitrogens with zero attached hydrogens (tertiary/aromatic N) is 3. The quantitative estimate of drug-likeness (QED) is 0.196. The van der Waals surface area contributed by atoms with Gasteiger partial charge in [0.25, 0.3) is 0 Å². The van der Waals surface area contributed by atoms with E-state index in [1.165, 1.54) is 21.5 Å². The maximum absolute atomic E-state index is 6.52. The lowest BCUT2D eigenvalue weighted by Gasteiger charge is -2.10. The van der Waals surface area contributed by atoms with Gasteiger partial charge in [0.2, 0.25) is 0 Å². The SMILES string of the molecule is c1ccc(-c2nc(-c3ccc4oc5cccc(-n6c7ccccc7c7c8ccccc8ccc76)c5c4c3)nc3c2oc2ccccc23)cc1. The Bertz CT molecular complexity index is 3110. The Kier molecular flexibility index (Phi) is 5.32. The zero-order valence-electron chi connectivity index (χ0n) is 26.1. The number of hydrogen-bond donors (Lipinski definition) is 0. The predicted molar refractivity (Wildman–Crippen MR) is 199 cm³/mol. The Labute approximate surface area is 279 Å². The second-order valence-corrected chi connectivity index (χ2v) is 12.5. The Morgan fingerprint density at radius 1 is 0.449 bits per heavy atom. The molecule has 11 rings (SSSR count). The van der Waals surface area contributed by atoms with Gasteiger partial charge in [-0.15, -0.1) is 0 Å². The van der Waals surface area contributed by atoms with E-state index in [-0.39, 0.29) is 0 Å². The number of benzene rings is 7. The smallest absolute Gasteiger partial charge is 0.180 e. The molecule has 0 aliphatic heterocycles. The largest absolute Gasteiger partial charge is 0.456 e. The van der Waals surface area contributed by atoms with E-state index in [9.17, 15) is 0 Å². The average molecular weight is 628 g/mol. The Morgan fingerprint density at radius 2 is 1.20 bits per heavy atom. The zero-order chi connectivity index (χ0) is 32.1. The van der Waals surface area contributed by atoms with Crippen LogP contribution in [0.1, 0.15) is 0 Å². The van der Waals surface area contributed by atoms with E-state index >= 15 is 0 Å². The molecule has 0 N–H and O–H groups in total. The van der Waals surface area contributed by atoms with Crippen molar-refractivity contribution in [3.8, 4) is 28.3 Å². The highest BCUT2D eigenvalue weighted by Gasteiger charge is 2.21. The van der Waals surface area contributed by atoms with Gasteiger partial charge in [0.15, 0.2) is 11.4 Å². The first-order chi connectivity index (χ1) is 24.3. The van der Waals surface area contributed by atoms with Gasteiger partial charge in [-0.25, -0.2) is 9.97 Å². The van der Waals surface area contributed by atoms with E-state index < -0.39 is 0 Å². The third kappa shape index (κ3) is 3.75. The summed E-state index contributed by atoms with van der Waals surface area (Å²) < 4.78 is 15.3. The van der Waals surface area contributed by atoms with Crippen molar-refractivity contribution in [1.29, 1.82) is 0 Å². The molecule has 0 spiro atoms. The van der Waals surface area contributed by atoms with E-state index in [4.69, 9.17) is 18.8 Å². The highest BCUT2D eigenvalue weighted by molar-refractivity contribution is 6.22. The molecule has 5 nitrogen and oxygen atoms in total. The monoisotopic (exact) mass is 627 g/mol. The number of furan rings is 2. The highest BCUT2D eigenvalue weighted by atomic mass is 16.3. The highest BCUT2D eigenvalue weighted by Crippen LogP contribution is 2.42. The van der Waals surface area contributed by atoms with Crippen molar-refractivity contribution in [1.82, 2.24) is 14.5 Å². The van der Waals surface area contributed by atoms with E-state index in [0.29, 0.717) is 11.4 Å². The maximum atomic E-state index is 6.52. The molecular formula is C44H25N3O2. The fourth-order valence-electron chi connectivity index (χ4n) is 7.64. The number of fused-ring (bicyclic) bond motifs is 11. The van der Waals surface area contributed by atoms with E-state index in [1.54, 1.807) is 0 Å². The molecule has 5 heteroatoms. The van der Waals surface area contributed by atoms with Gasteiger partial charge in [-0.3, -0.25) is 0 Å². The van der Waals surface area contributed by atoms with Crippen LogP contribution in [0.5, 0.6) is 0 Å². The first-order valence-corrected chi connectivity index (χ1v) is 16.4. The van der Waals surface area contributed by atoms with Crippen molar-refractivity contribution in [3.05, 3.63) is 152 Å². The van der Waals surface area contributed by atoms with Crippen molar-refractivity contribution >= 4 is 76.6 Å². The molecule has 49 heavy (non-hydrogen) atoms. The van der Waals surface area contributed by atoms with Crippen molar-refractivity contribution < 1.29 is 8.83 Å². The summed E-state index contributed by atoms with van der Waals surface area (Å²) in [6.07, 6.45) is 0. The molecule has 4 aromatic heterocycles. The number of aromatic nitrogens is 3. The molecular weight excluding hydrogens is 603 g/mol. The van der Waals surface area contributed by atoms with Crippen molar-refractivity contribution in [3.63, 3.8) is 0 Å². The fraction of sp³-hybridized carbons (Fsp3) is 0. The van der Waals surface area contributed by atoms with Gasteiger partial charge in [0.1, 0.15) is 28.0 Å². The van der Waals surface area contributed by atoms with E-state index in [1.807, 2.05) is 42.5 Å². The van der Waals surface area contributed by atoms with Crippen LogP contribution in [-0.2, 0) is 0 Å². The minimum absolute atomic E-state index is 0.634. The van der Waals surface area contributed by atoms with Gasteiger partial charge >= 0.3 is 0 Å². The topological polar surface area (TPSA) is 57.0 Å². The Balaban J connectivity index is 1.20. The van der Waals surface area contributed by atoms with Crippen LogP contribution >= 0.6 is 0 Å². The molecule has 228 valence electrons. The minimum atomic E-state index is 0.634. The van der Waals surface area contributed by atoms with Crippen LogP contribution in [0.3, 0.4) is 0 Å². The third-order valence-corrected chi connectivity index (χ3v) is 9.80. The van der Waals surface area contributed by atoms with E-state index in [2.05, 4.69) is 114 Å². The lowest BCUT2D eigenvalue weighted by molar-refractivity contribution is 0.667. The minimum Gasteiger partial charge on any atom is -0.456 e. The lowest BCUT2D eigenvalue weighted by atomic mass is 10.0. The average Bonchev–Trinajstić information content (AvgIpc) is 3.84. The van der Waals surface area contributed by atoms with Crippen molar-refractivity contribution in [2.45, 2.75) is 0 Å². The molecule has 4 heterocycles. The molecule has 0 bridgehead atoms. The molecule has 0 aliphatic carbocycles. The molecule has 11 aromatic rings. The van der Waals surface area contributed by atoms with Crippen LogP contribution in [0.15, 0.2) is 160 Å². The second-order valence-electron chi connectivity index (χ2n) is 12.5. The molecule has 0 radical (unpaired) electrons.